The van der Waals surface area contributed by atoms with Crippen molar-refractivity contribution in [2.75, 3.05) is 18.7 Å². The Labute approximate surface area is 159 Å². The van der Waals surface area contributed by atoms with Gasteiger partial charge in [0.25, 0.3) is 0 Å². The third-order valence-electron chi connectivity index (χ3n) is 4.09. The number of aliphatic hydroxyl groups excluding tert-OH is 1. The Morgan fingerprint density at radius 1 is 1.31 bits per heavy atom. The summed E-state index contributed by atoms with van der Waals surface area (Å²) in [4.78, 5) is 10.4. The molecule has 1 aromatic carbocycles. The number of hydrogen-bond donors (Lipinski definition) is 2. The first-order chi connectivity index (χ1) is 12.6. The number of nitrogens with zero attached hydrogens (tertiary/aromatic N) is 3. The van der Waals surface area contributed by atoms with Crippen LogP contribution in [0.15, 0.2) is 41.5 Å². The molecule has 1 atom stereocenters. The van der Waals surface area contributed by atoms with Crippen molar-refractivity contribution in [3.8, 4) is 0 Å². The van der Waals surface area contributed by atoms with Gasteiger partial charge < -0.3 is 9.84 Å². The number of aromatic nitrogens is 2. The van der Waals surface area contributed by atoms with Crippen LogP contribution in [0.25, 0.3) is 16.8 Å². The molecular weight excluding hydrogens is 372 g/mol. The number of thiophene rings is 1. The maximum atomic E-state index is 11.0. The smallest absolute Gasteiger partial charge is 0.188 e. The van der Waals surface area contributed by atoms with Crippen molar-refractivity contribution in [1.82, 2.24) is 15.4 Å². The molecule has 3 aromatic rings. The van der Waals surface area contributed by atoms with Crippen LogP contribution < -0.4 is 10.4 Å². The van der Waals surface area contributed by atoms with Crippen molar-refractivity contribution in [1.29, 1.82) is 0 Å². The molecular formula is C18H17ClN4O2S. The number of fused-ring (bicyclic) bond motifs is 2. The van der Waals surface area contributed by atoms with Gasteiger partial charge in [0.1, 0.15) is 6.04 Å². The second kappa shape index (κ2) is 6.75. The van der Waals surface area contributed by atoms with E-state index in [1.54, 1.807) is 28.5 Å². The van der Waals surface area contributed by atoms with Gasteiger partial charge >= 0.3 is 0 Å². The van der Waals surface area contributed by atoms with E-state index in [9.17, 15) is 5.11 Å². The normalized spacial score (nSPS) is 17.3. The summed E-state index contributed by atoms with van der Waals surface area (Å²) in [5.74, 6) is 0.983. The van der Waals surface area contributed by atoms with Gasteiger partial charge in [-0.05, 0) is 36.6 Å². The molecule has 1 unspecified atom stereocenters. The molecule has 0 saturated heterocycles. The average Bonchev–Trinajstić information content (AvgIpc) is 3.14. The van der Waals surface area contributed by atoms with E-state index in [0.29, 0.717) is 39.9 Å². The van der Waals surface area contributed by atoms with Gasteiger partial charge in [0, 0.05) is 16.9 Å². The van der Waals surface area contributed by atoms with Crippen LogP contribution in [-0.2, 0) is 4.74 Å². The standard InChI is InChI=1S/C18H17ClN4O2S/c1-3-25-17-15-18(21-11-7-6-10(19)9-12(11)20-15)23(2)22-14(16(17)24)13-5-4-8-26-13/h4-9,14,22,24H,3H2,1-2H3. The fourth-order valence-electron chi connectivity index (χ4n) is 2.91. The van der Waals surface area contributed by atoms with E-state index >= 15 is 0 Å². The first-order valence-corrected chi connectivity index (χ1v) is 9.41. The molecule has 26 heavy (non-hydrogen) atoms. The monoisotopic (exact) mass is 388 g/mol. The van der Waals surface area contributed by atoms with Gasteiger partial charge in [-0.1, -0.05) is 17.7 Å². The predicted octanol–water partition coefficient (Wildman–Crippen LogP) is 4.30. The summed E-state index contributed by atoms with van der Waals surface area (Å²) < 4.78 is 5.79. The Hall–Kier alpha value is -2.35. The van der Waals surface area contributed by atoms with Crippen LogP contribution in [0.2, 0.25) is 5.02 Å². The number of hydrazine groups is 1. The first-order valence-electron chi connectivity index (χ1n) is 8.15. The van der Waals surface area contributed by atoms with E-state index in [1.165, 1.54) is 0 Å². The molecule has 0 spiro atoms. The SMILES string of the molecule is CCOC1=C(O)C(c2cccs2)NN(C)c2nc3ccc(Cl)cc3nc21. The van der Waals surface area contributed by atoms with Crippen molar-refractivity contribution in [3.05, 3.63) is 57.1 Å². The van der Waals surface area contributed by atoms with E-state index in [0.717, 1.165) is 4.88 Å². The molecule has 0 aliphatic carbocycles. The van der Waals surface area contributed by atoms with Crippen LogP contribution in [0, 0.1) is 0 Å². The summed E-state index contributed by atoms with van der Waals surface area (Å²) in [5, 5.41) is 15.3. The summed E-state index contributed by atoms with van der Waals surface area (Å²) in [6.07, 6.45) is 0. The lowest BCUT2D eigenvalue weighted by Crippen LogP contribution is -2.38. The maximum Gasteiger partial charge on any atom is 0.188 e. The first kappa shape index (κ1) is 17.1. The van der Waals surface area contributed by atoms with Crippen molar-refractivity contribution >= 4 is 45.5 Å². The zero-order valence-electron chi connectivity index (χ0n) is 14.2. The third-order valence-corrected chi connectivity index (χ3v) is 5.26. The van der Waals surface area contributed by atoms with Crippen LogP contribution >= 0.6 is 22.9 Å². The maximum absolute atomic E-state index is 11.0. The van der Waals surface area contributed by atoms with E-state index in [4.69, 9.17) is 21.3 Å². The van der Waals surface area contributed by atoms with Crippen LogP contribution in [0.1, 0.15) is 23.5 Å². The average molecular weight is 389 g/mol. The summed E-state index contributed by atoms with van der Waals surface area (Å²) in [6.45, 7) is 2.27. The number of anilines is 1. The number of hydrogen-bond acceptors (Lipinski definition) is 7. The fraction of sp³-hybridized carbons (Fsp3) is 0.222. The summed E-state index contributed by atoms with van der Waals surface area (Å²) >= 11 is 7.65. The van der Waals surface area contributed by atoms with E-state index in [2.05, 4.69) is 10.4 Å². The second-order valence-corrected chi connectivity index (χ2v) is 7.23. The van der Waals surface area contributed by atoms with Gasteiger partial charge in [-0.2, -0.15) is 0 Å². The molecule has 0 fully saturated rings. The molecule has 1 aliphatic rings. The highest BCUT2D eigenvalue weighted by Gasteiger charge is 2.32. The minimum atomic E-state index is -0.441. The minimum absolute atomic E-state index is 0.0792. The molecule has 0 amide bonds. The Morgan fingerprint density at radius 3 is 2.88 bits per heavy atom. The third kappa shape index (κ3) is 2.88. The van der Waals surface area contributed by atoms with Crippen molar-refractivity contribution < 1.29 is 9.84 Å². The highest BCUT2D eigenvalue weighted by atomic mass is 35.5. The molecule has 0 saturated carbocycles. The molecule has 2 aromatic heterocycles. The number of benzene rings is 1. The largest absolute Gasteiger partial charge is 0.506 e. The van der Waals surface area contributed by atoms with Crippen LogP contribution in [0.3, 0.4) is 0 Å². The zero-order valence-corrected chi connectivity index (χ0v) is 15.8. The predicted molar refractivity (Wildman–Crippen MR) is 104 cm³/mol. The van der Waals surface area contributed by atoms with Crippen LogP contribution in [0.5, 0.6) is 0 Å². The number of nitrogens with one attached hydrogen (secondary N) is 1. The lowest BCUT2D eigenvalue weighted by molar-refractivity contribution is 0.261. The number of rotatable bonds is 3. The van der Waals surface area contributed by atoms with E-state index < -0.39 is 6.04 Å². The Kier molecular flexibility index (Phi) is 4.44. The van der Waals surface area contributed by atoms with Gasteiger partial charge in [0.2, 0.25) is 0 Å². The molecule has 1 aliphatic heterocycles. The summed E-state index contributed by atoms with van der Waals surface area (Å²) in [6, 6.07) is 8.82. The molecule has 2 N–H and O–H groups in total. The molecule has 0 radical (unpaired) electrons. The number of halogens is 1. The highest BCUT2D eigenvalue weighted by molar-refractivity contribution is 7.10. The highest BCUT2D eigenvalue weighted by Crippen LogP contribution is 2.37. The van der Waals surface area contributed by atoms with E-state index in [-0.39, 0.29) is 5.76 Å². The van der Waals surface area contributed by atoms with Crippen molar-refractivity contribution in [2.45, 2.75) is 13.0 Å². The minimum Gasteiger partial charge on any atom is -0.506 e. The summed E-state index contributed by atoms with van der Waals surface area (Å²) in [7, 11) is 1.85. The quantitative estimate of drug-likeness (QED) is 0.697. The van der Waals surface area contributed by atoms with Gasteiger partial charge in [-0.3, -0.25) is 5.01 Å². The van der Waals surface area contributed by atoms with Gasteiger partial charge in [-0.25, -0.2) is 15.4 Å². The van der Waals surface area contributed by atoms with E-state index in [1.807, 2.05) is 37.6 Å². The Bertz CT molecular complexity index is 990. The molecule has 8 heteroatoms. The molecule has 0 bridgehead atoms. The van der Waals surface area contributed by atoms with Crippen LogP contribution in [0.4, 0.5) is 5.82 Å². The molecule has 6 nitrogen and oxygen atoms in total. The van der Waals surface area contributed by atoms with Gasteiger partial charge in [0.15, 0.2) is 23.0 Å². The number of aliphatic hydroxyl groups is 1. The molecule has 3 heterocycles. The molecule has 134 valence electrons. The molecule has 4 rings (SSSR count). The Morgan fingerprint density at radius 2 is 2.15 bits per heavy atom. The van der Waals surface area contributed by atoms with Gasteiger partial charge in [-0.15, -0.1) is 11.3 Å². The van der Waals surface area contributed by atoms with Gasteiger partial charge in [0.05, 0.1) is 17.6 Å². The topological polar surface area (TPSA) is 70.5 Å². The second-order valence-electron chi connectivity index (χ2n) is 5.81. The van der Waals surface area contributed by atoms with Crippen molar-refractivity contribution in [3.63, 3.8) is 0 Å². The van der Waals surface area contributed by atoms with Crippen LogP contribution in [-0.4, -0.2) is 28.7 Å². The fourth-order valence-corrected chi connectivity index (χ4v) is 3.85. The lowest BCUT2D eigenvalue weighted by Gasteiger charge is -2.23. The number of ether oxygens (including phenoxy) is 1. The summed E-state index contributed by atoms with van der Waals surface area (Å²) in [5.41, 5.74) is 5.12. The van der Waals surface area contributed by atoms with Crippen molar-refractivity contribution in [2.24, 2.45) is 0 Å². The Balaban J connectivity index is 1.96. The zero-order chi connectivity index (χ0) is 18.3. The lowest BCUT2D eigenvalue weighted by atomic mass is 10.1.